The van der Waals surface area contributed by atoms with E-state index in [1.807, 2.05) is 0 Å². The molecule has 0 atom stereocenters. The first-order chi connectivity index (χ1) is 9.02. The maximum atomic E-state index is 11.1. The Labute approximate surface area is 107 Å². The zero-order valence-electron chi connectivity index (χ0n) is 9.52. The van der Waals surface area contributed by atoms with Gasteiger partial charge in [0.05, 0.1) is 9.85 Å². The molecule has 0 saturated heterocycles. The van der Waals surface area contributed by atoms with E-state index in [0.717, 1.165) is 12.1 Å². The van der Waals surface area contributed by atoms with Crippen molar-refractivity contribution in [3.05, 3.63) is 62.7 Å². The summed E-state index contributed by atoms with van der Waals surface area (Å²) in [4.78, 5) is 20.2. The Hall–Kier alpha value is -2.96. The summed E-state index contributed by atoms with van der Waals surface area (Å²) in [5.74, 6) is -0.372. The van der Waals surface area contributed by atoms with Gasteiger partial charge < -0.3 is 5.11 Å². The predicted octanol–water partition coefficient (Wildman–Crippen LogP) is 2.88. The largest absolute Gasteiger partial charge is 0.507 e. The van der Waals surface area contributed by atoms with Gasteiger partial charge in [-0.05, 0) is 11.6 Å². The van der Waals surface area contributed by atoms with Gasteiger partial charge in [0.15, 0.2) is 0 Å². The van der Waals surface area contributed by atoms with E-state index < -0.39 is 21.2 Å². The van der Waals surface area contributed by atoms with Crippen LogP contribution in [0.2, 0.25) is 0 Å². The fourth-order valence-electron chi connectivity index (χ4n) is 1.79. The van der Waals surface area contributed by atoms with Crippen LogP contribution in [0.5, 0.6) is 5.75 Å². The second-order valence-corrected chi connectivity index (χ2v) is 3.71. The average Bonchev–Trinajstić information content (AvgIpc) is 2.38. The second kappa shape index (κ2) is 4.73. The van der Waals surface area contributed by atoms with E-state index in [-0.39, 0.29) is 11.3 Å². The number of phenols is 1. The number of hydrogen-bond donors (Lipinski definition) is 1. The topological polar surface area (TPSA) is 107 Å². The summed E-state index contributed by atoms with van der Waals surface area (Å²) >= 11 is 0. The van der Waals surface area contributed by atoms with Gasteiger partial charge in [-0.3, -0.25) is 20.2 Å². The number of rotatable bonds is 3. The molecular formula is C12H8N2O5. The maximum Gasteiger partial charge on any atom is 0.357 e. The fraction of sp³-hybridized carbons (Fsp3) is 0. The number of nitro groups is 2. The number of aromatic hydroxyl groups is 1. The van der Waals surface area contributed by atoms with Crippen LogP contribution in [0, 0.1) is 20.2 Å². The minimum absolute atomic E-state index is 0.153. The molecule has 0 amide bonds. The number of phenolic OH excluding ortho intramolecular Hbond substituents is 1. The first-order valence-electron chi connectivity index (χ1n) is 5.22. The quantitative estimate of drug-likeness (QED) is 0.674. The molecule has 0 heterocycles. The van der Waals surface area contributed by atoms with Gasteiger partial charge in [0.2, 0.25) is 0 Å². The van der Waals surface area contributed by atoms with Crippen molar-refractivity contribution in [1.29, 1.82) is 0 Å². The minimum atomic E-state index is -0.861. The van der Waals surface area contributed by atoms with Crippen LogP contribution in [0.3, 0.4) is 0 Å². The Bertz CT molecular complexity index is 655. The molecule has 0 spiro atoms. The fourth-order valence-corrected chi connectivity index (χ4v) is 1.79. The lowest BCUT2D eigenvalue weighted by Crippen LogP contribution is -1.99. The van der Waals surface area contributed by atoms with Crippen LogP contribution in [0.25, 0.3) is 11.1 Å². The van der Waals surface area contributed by atoms with Crippen molar-refractivity contribution in [2.24, 2.45) is 0 Å². The molecule has 0 saturated carbocycles. The second-order valence-electron chi connectivity index (χ2n) is 3.71. The molecule has 0 fully saturated rings. The van der Waals surface area contributed by atoms with E-state index >= 15 is 0 Å². The summed E-state index contributed by atoms with van der Waals surface area (Å²) in [6.45, 7) is 0. The summed E-state index contributed by atoms with van der Waals surface area (Å²) in [6, 6.07) is 10.0. The molecule has 7 nitrogen and oxygen atoms in total. The summed E-state index contributed by atoms with van der Waals surface area (Å²) < 4.78 is 0. The van der Waals surface area contributed by atoms with Crippen LogP contribution in [0.1, 0.15) is 0 Å². The van der Waals surface area contributed by atoms with Gasteiger partial charge in [0.25, 0.3) is 0 Å². The van der Waals surface area contributed by atoms with Gasteiger partial charge >= 0.3 is 11.4 Å². The van der Waals surface area contributed by atoms with E-state index in [9.17, 15) is 25.3 Å². The lowest BCUT2D eigenvalue weighted by atomic mass is 10.0. The van der Waals surface area contributed by atoms with Gasteiger partial charge in [-0.1, -0.05) is 30.3 Å². The SMILES string of the molecule is O=[N+]([O-])c1ccc(O)c(-c2ccccc2)c1[N+](=O)[O-]. The van der Waals surface area contributed by atoms with Crippen LogP contribution < -0.4 is 0 Å². The van der Waals surface area contributed by atoms with Gasteiger partial charge in [-0.25, -0.2) is 0 Å². The maximum absolute atomic E-state index is 11.1. The molecule has 2 rings (SSSR count). The van der Waals surface area contributed by atoms with Crippen LogP contribution in [0.4, 0.5) is 11.4 Å². The van der Waals surface area contributed by atoms with E-state index in [1.54, 1.807) is 18.2 Å². The van der Waals surface area contributed by atoms with Crippen LogP contribution in [0.15, 0.2) is 42.5 Å². The first-order valence-corrected chi connectivity index (χ1v) is 5.22. The molecule has 0 aliphatic rings. The van der Waals surface area contributed by atoms with Crippen molar-refractivity contribution < 1.29 is 15.0 Å². The highest BCUT2D eigenvalue weighted by Gasteiger charge is 2.31. The third kappa shape index (κ3) is 2.21. The summed E-state index contributed by atoms with van der Waals surface area (Å²) in [5, 5.41) is 31.7. The standard InChI is InChI=1S/C12H8N2O5/c15-10-7-6-9(13(16)17)12(14(18)19)11(10)8-4-2-1-3-5-8/h1-7,15H. The number of hydrogen-bond acceptors (Lipinski definition) is 5. The number of nitrogens with zero attached hydrogens (tertiary/aromatic N) is 2. The molecular weight excluding hydrogens is 252 g/mol. The Morgan fingerprint density at radius 2 is 1.53 bits per heavy atom. The molecule has 0 aliphatic carbocycles. The molecule has 1 N–H and O–H groups in total. The molecule has 0 aromatic heterocycles. The lowest BCUT2D eigenvalue weighted by Gasteiger charge is -2.06. The van der Waals surface area contributed by atoms with Gasteiger partial charge in [0.1, 0.15) is 11.3 Å². The smallest absolute Gasteiger partial charge is 0.357 e. The molecule has 0 bridgehead atoms. The molecule has 2 aromatic carbocycles. The van der Waals surface area contributed by atoms with Crippen molar-refractivity contribution in [3.8, 4) is 16.9 Å². The Kier molecular flexibility index (Phi) is 3.11. The highest BCUT2D eigenvalue weighted by atomic mass is 16.6. The van der Waals surface area contributed by atoms with E-state index in [0.29, 0.717) is 5.56 Å². The van der Waals surface area contributed by atoms with Gasteiger partial charge in [-0.15, -0.1) is 0 Å². The molecule has 19 heavy (non-hydrogen) atoms. The number of benzene rings is 2. The van der Waals surface area contributed by atoms with E-state index in [2.05, 4.69) is 0 Å². The average molecular weight is 260 g/mol. The predicted molar refractivity (Wildman–Crippen MR) is 66.9 cm³/mol. The third-order valence-electron chi connectivity index (χ3n) is 2.58. The van der Waals surface area contributed by atoms with Crippen LogP contribution >= 0.6 is 0 Å². The van der Waals surface area contributed by atoms with Gasteiger partial charge in [0, 0.05) is 6.07 Å². The summed E-state index contributed by atoms with van der Waals surface area (Å²) in [7, 11) is 0. The zero-order valence-corrected chi connectivity index (χ0v) is 9.52. The monoisotopic (exact) mass is 260 g/mol. The summed E-state index contributed by atoms with van der Waals surface area (Å²) in [5.41, 5.74) is -1.17. The minimum Gasteiger partial charge on any atom is -0.507 e. The third-order valence-corrected chi connectivity index (χ3v) is 2.58. The Morgan fingerprint density at radius 1 is 0.895 bits per heavy atom. The van der Waals surface area contributed by atoms with Crippen molar-refractivity contribution in [1.82, 2.24) is 0 Å². The van der Waals surface area contributed by atoms with Crippen molar-refractivity contribution in [3.63, 3.8) is 0 Å². The number of nitro benzene ring substituents is 2. The first kappa shape index (κ1) is 12.5. The highest BCUT2D eigenvalue weighted by Crippen LogP contribution is 2.43. The van der Waals surface area contributed by atoms with Crippen LogP contribution in [-0.4, -0.2) is 15.0 Å². The Morgan fingerprint density at radius 3 is 2.05 bits per heavy atom. The molecule has 7 heteroatoms. The molecule has 2 aromatic rings. The normalized spacial score (nSPS) is 10.1. The molecule has 0 aliphatic heterocycles. The van der Waals surface area contributed by atoms with Crippen molar-refractivity contribution in [2.75, 3.05) is 0 Å². The van der Waals surface area contributed by atoms with Gasteiger partial charge in [-0.2, -0.15) is 0 Å². The molecule has 0 radical (unpaired) electrons. The zero-order chi connectivity index (χ0) is 14.0. The molecule has 0 unspecified atom stereocenters. The van der Waals surface area contributed by atoms with E-state index in [1.165, 1.54) is 12.1 Å². The van der Waals surface area contributed by atoms with Crippen molar-refractivity contribution >= 4 is 11.4 Å². The lowest BCUT2D eigenvalue weighted by molar-refractivity contribution is -0.422. The highest BCUT2D eigenvalue weighted by molar-refractivity contribution is 5.84. The van der Waals surface area contributed by atoms with E-state index in [4.69, 9.17) is 0 Å². The summed E-state index contributed by atoms with van der Waals surface area (Å²) in [6.07, 6.45) is 0. The Balaban J connectivity index is 2.82. The molecule has 96 valence electrons. The van der Waals surface area contributed by atoms with Crippen molar-refractivity contribution in [2.45, 2.75) is 0 Å². The van der Waals surface area contributed by atoms with Crippen LogP contribution in [-0.2, 0) is 0 Å².